The summed E-state index contributed by atoms with van der Waals surface area (Å²) in [6, 6.07) is 15.9. The zero-order valence-electron chi connectivity index (χ0n) is 16.8. The average Bonchev–Trinajstić information content (AvgIpc) is 3.58. The molecule has 2 aromatic rings. The highest BCUT2D eigenvalue weighted by atomic mass is 16.5. The third kappa shape index (κ3) is 5.23. The summed E-state index contributed by atoms with van der Waals surface area (Å²) in [6.45, 7) is 2.58. The lowest BCUT2D eigenvalue weighted by atomic mass is 9.98. The van der Waals surface area contributed by atoms with Crippen LogP contribution in [-0.2, 0) is 14.3 Å². The summed E-state index contributed by atoms with van der Waals surface area (Å²) in [4.78, 5) is 35.2. The van der Waals surface area contributed by atoms with E-state index < -0.39 is 24.0 Å². The van der Waals surface area contributed by atoms with Gasteiger partial charge in [0.05, 0.1) is 11.6 Å². The van der Waals surface area contributed by atoms with E-state index in [0.29, 0.717) is 11.3 Å². The van der Waals surface area contributed by atoms with E-state index in [4.69, 9.17) is 9.47 Å². The van der Waals surface area contributed by atoms with Crippen molar-refractivity contribution >= 4 is 17.8 Å². The number of nitrogens with one attached hydrogen (secondary N) is 1. The highest BCUT2D eigenvalue weighted by Crippen LogP contribution is 2.39. The standard InChI is InChI=1S/C23H22N2O5/c1-15(26)30-20-11-7-17(8-12-20)16-3-5-18(6-4-16)22(28)29-13-21(27)25-23(2,14-24)19-9-10-19/h3-8,11-12,19H,9-10,13H2,1-2H3,(H,25,27)/t23-/m1/s1. The van der Waals surface area contributed by atoms with E-state index in [2.05, 4.69) is 11.4 Å². The van der Waals surface area contributed by atoms with E-state index in [1.165, 1.54) is 6.92 Å². The predicted octanol–water partition coefficient (Wildman–Crippen LogP) is 3.24. The fourth-order valence-electron chi connectivity index (χ4n) is 3.10. The normalized spacial score (nSPS) is 14.7. The molecule has 0 aliphatic heterocycles. The summed E-state index contributed by atoms with van der Waals surface area (Å²) < 4.78 is 10.1. The number of benzene rings is 2. The number of rotatable bonds is 7. The van der Waals surface area contributed by atoms with E-state index in [1.54, 1.807) is 43.3 Å². The van der Waals surface area contributed by atoms with Crippen LogP contribution in [0.2, 0.25) is 0 Å². The molecule has 1 aliphatic carbocycles. The number of hydrogen-bond donors (Lipinski definition) is 1. The highest BCUT2D eigenvalue weighted by Gasteiger charge is 2.43. The molecule has 2 aromatic carbocycles. The van der Waals surface area contributed by atoms with Crippen LogP contribution in [0, 0.1) is 17.2 Å². The molecule has 0 bridgehead atoms. The van der Waals surface area contributed by atoms with Gasteiger partial charge in [-0.1, -0.05) is 24.3 Å². The van der Waals surface area contributed by atoms with Crippen molar-refractivity contribution in [2.24, 2.45) is 5.92 Å². The fourth-order valence-corrected chi connectivity index (χ4v) is 3.10. The smallest absolute Gasteiger partial charge is 0.338 e. The minimum atomic E-state index is -0.920. The van der Waals surface area contributed by atoms with Crippen molar-refractivity contribution in [2.45, 2.75) is 32.2 Å². The number of nitriles is 1. The molecule has 1 fully saturated rings. The average molecular weight is 406 g/mol. The fraction of sp³-hybridized carbons (Fsp3) is 0.304. The summed E-state index contributed by atoms with van der Waals surface area (Å²) in [5.74, 6) is -0.892. The van der Waals surface area contributed by atoms with E-state index in [1.807, 2.05) is 12.1 Å². The lowest BCUT2D eigenvalue weighted by Gasteiger charge is -2.22. The van der Waals surface area contributed by atoms with Gasteiger partial charge < -0.3 is 14.8 Å². The molecule has 0 radical (unpaired) electrons. The first kappa shape index (κ1) is 21.1. The molecule has 0 aromatic heterocycles. The summed E-state index contributed by atoms with van der Waals surface area (Å²) in [7, 11) is 0. The Kier molecular flexibility index (Phi) is 6.17. The molecule has 154 valence electrons. The molecule has 0 unspecified atom stereocenters. The van der Waals surface area contributed by atoms with Crippen LogP contribution in [0.4, 0.5) is 0 Å². The van der Waals surface area contributed by atoms with Gasteiger partial charge in [0, 0.05) is 6.92 Å². The van der Waals surface area contributed by atoms with Crippen molar-refractivity contribution in [3.63, 3.8) is 0 Å². The number of carbonyl (C=O) groups excluding carboxylic acids is 3. The molecule has 1 saturated carbocycles. The monoisotopic (exact) mass is 406 g/mol. The Bertz CT molecular complexity index is 988. The van der Waals surface area contributed by atoms with Gasteiger partial charge in [-0.2, -0.15) is 5.26 Å². The molecule has 7 nitrogen and oxygen atoms in total. The molecule has 1 atom stereocenters. The Morgan fingerprint density at radius 2 is 1.63 bits per heavy atom. The van der Waals surface area contributed by atoms with Gasteiger partial charge in [0.15, 0.2) is 6.61 Å². The lowest BCUT2D eigenvalue weighted by Crippen LogP contribution is -2.48. The van der Waals surface area contributed by atoms with Crippen molar-refractivity contribution in [3.05, 3.63) is 54.1 Å². The van der Waals surface area contributed by atoms with Crippen LogP contribution in [0.5, 0.6) is 5.75 Å². The summed E-state index contributed by atoms with van der Waals surface area (Å²) >= 11 is 0. The van der Waals surface area contributed by atoms with Gasteiger partial charge in [-0.05, 0) is 61.1 Å². The van der Waals surface area contributed by atoms with E-state index >= 15 is 0 Å². The molecule has 30 heavy (non-hydrogen) atoms. The first-order chi connectivity index (χ1) is 14.3. The van der Waals surface area contributed by atoms with Gasteiger partial charge in [0.2, 0.25) is 0 Å². The van der Waals surface area contributed by atoms with Crippen molar-refractivity contribution in [1.29, 1.82) is 5.26 Å². The topological polar surface area (TPSA) is 105 Å². The number of nitrogens with zero attached hydrogens (tertiary/aromatic N) is 1. The zero-order valence-corrected chi connectivity index (χ0v) is 16.8. The molecular formula is C23H22N2O5. The number of hydrogen-bond acceptors (Lipinski definition) is 6. The molecule has 1 N–H and O–H groups in total. The van der Waals surface area contributed by atoms with Crippen LogP contribution in [0.25, 0.3) is 11.1 Å². The summed E-state index contributed by atoms with van der Waals surface area (Å²) in [5.41, 5.74) is 1.15. The van der Waals surface area contributed by atoms with Gasteiger partial charge in [0.1, 0.15) is 11.3 Å². The first-order valence-corrected chi connectivity index (χ1v) is 9.59. The van der Waals surface area contributed by atoms with Crippen LogP contribution in [0.3, 0.4) is 0 Å². The van der Waals surface area contributed by atoms with Gasteiger partial charge in [-0.3, -0.25) is 9.59 Å². The molecule has 0 spiro atoms. The van der Waals surface area contributed by atoms with Gasteiger partial charge in [-0.25, -0.2) is 4.79 Å². The maximum absolute atomic E-state index is 12.2. The number of ether oxygens (including phenoxy) is 2. The lowest BCUT2D eigenvalue weighted by molar-refractivity contribution is -0.132. The molecule has 1 amide bonds. The van der Waals surface area contributed by atoms with Gasteiger partial charge in [0.25, 0.3) is 5.91 Å². The largest absolute Gasteiger partial charge is 0.452 e. The molecule has 0 saturated heterocycles. The molecule has 7 heteroatoms. The first-order valence-electron chi connectivity index (χ1n) is 9.59. The predicted molar refractivity (Wildman–Crippen MR) is 108 cm³/mol. The van der Waals surface area contributed by atoms with Crippen LogP contribution in [0.15, 0.2) is 48.5 Å². The van der Waals surface area contributed by atoms with E-state index in [-0.39, 0.29) is 11.9 Å². The number of amides is 1. The van der Waals surface area contributed by atoms with E-state index in [0.717, 1.165) is 24.0 Å². The Hall–Kier alpha value is -3.66. The SMILES string of the molecule is CC(=O)Oc1ccc(-c2ccc(C(=O)OCC(=O)N[C@](C)(C#N)C3CC3)cc2)cc1. The second kappa shape index (κ2) is 8.78. The Morgan fingerprint density at radius 1 is 1.07 bits per heavy atom. The van der Waals surface area contributed by atoms with Crippen molar-refractivity contribution < 1.29 is 23.9 Å². The number of esters is 2. The highest BCUT2D eigenvalue weighted by molar-refractivity contribution is 5.92. The van der Waals surface area contributed by atoms with Crippen LogP contribution in [-0.4, -0.2) is 30.0 Å². The van der Waals surface area contributed by atoms with Crippen molar-refractivity contribution in [1.82, 2.24) is 5.32 Å². The Morgan fingerprint density at radius 3 is 2.13 bits per heavy atom. The minimum absolute atomic E-state index is 0.151. The van der Waals surface area contributed by atoms with Crippen LogP contribution < -0.4 is 10.1 Å². The second-order valence-electron chi connectivity index (χ2n) is 7.41. The van der Waals surface area contributed by atoms with Gasteiger partial charge in [-0.15, -0.1) is 0 Å². The third-order valence-corrected chi connectivity index (χ3v) is 4.93. The molecule has 3 rings (SSSR count). The second-order valence-corrected chi connectivity index (χ2v) is 7.41. The van der Waals surface area contributed by atoms with Crippen LogP contribution in [0.1, 0.15) is 37.0 Å². The quantitative estimate of drug-likeness (QED) is 0.559. The minimum Gasteiger partial charge on any atom is -0.452 e. The van der Waals surface area contributed by atoms with Gasteiger partial charge >= 0.3 is 11.9 Å². The number of carbonyl (C=O) groups is 3. The zero-order chi connectivity index (χ0) is 21.7. The maximum atomic E-state index is 12.2. The summed E-state index contributed by atoms with van der Waals surface area (Å²) in [5, 5.41) is 11.9. The summed E-state index contributed by atoms with van der Waals surface area (Å²) in [6.07, 6.45) is 1.81. The molecule has 1 aliphatic rings. The van der Waals surface area contributed by atoms with Crippen molar-refractivity contribution in [2.75, 3.05) is 6.61 Å². The van der Waals surface area contributed by atoms with Crippen LogP contribution >= 0.6 is 0 Å². The molecule has 0 heterocycles. The molecular weight excluding hydrogens is 384 g/mol. The Labute approximate surface area is 174 Å². The van der Waals surface area contributed by atoms with Crippen molar-refractivity contribution in [3.8, 4) is 22.9 Å². The van der Waals surface area contributed by atoms with E-state index in [9.17, 15) is 19.6 Å². The Balaban J connectivity index is 1.55. The third-order valence-electron chi connectivity index (χ3n) is 4.93. The maximum Gasteiger partial charge on any atom is 0.338 e.